The molecule has 23 heavy (non-hydrogen) atoms. The number of aryl methyl sites for hydroxylation is 1. The number of rotatable bonds is 3. The van der Waals surface area contributed by atoms with Crippen molar-refractivity contribution in [3.8, 4) is 5.13 Å². The van der Waals surface area contributed by atoms with Gasteiger partial charge in [-0.15, -0.1) is 11.3 Å². The Morgan fingerprint density at radius 3 is 2.78 bits per heavy atom. The molecule has 6 nitrogen and oxygen atoms in total. The number of carboxylic acids is 1. The van der Waals surface area contributed by atoms with Crippen molar-refractivity contribution >= 4 is 23.2 Å². The van der Waals surface area contributed by atoms with E-state index in [-0.39, 0.29) is 5.91 Å². The van der Waals surface area contributed by atoms with Crippen LogP contribution >= 0.6 is 11.3 Å². The molecule has 7 heteroatoms. The second-order valence-electron chi connectivity index (χ2n) is 5.78. The average Bonchev–Trinajstić information content (AvgIpc) is 3.14. The first kappa shape index (κ1) is 15.7. The summed E-state index contributed by atoms with van der Waals surface area (Å²) in [4.78, 5) is 30.1. The van der Waals surface area contributed by atoms with Gasteiger partial charge in [-0.3, -0.25) is 9.36 Å². The molecule has 3 rings (SSSR count). The van der Waals surface area contributed by atoms with Gasteiger partial charge < -0.3 is 10.0 Å². The molecule has 1 saturated heterocycles. The maximum Gasteiger partial charge on any atom is 0.326 e. The third kappa shape index (κ3) is 2.76. The number of carbonyl (C=O) groups is 2. The molecule has 0 aliphatic carbocycles. The van der Waals surface area contributed by atoms with Crippen molar-refractivity contribution in [1.29, 1.82) is 0 Å². The lowest BCUT2D eigenvalue weighted by atomic mass is 10.0. The van der Waals surface area contributed by atoms with Crippen molar-refractivity contribution in [2.45, 2.75) is 39.2 Å². The van der Waals surface area contributed by atoms with Gasteiger partial charge in [0.25, 0.3) is 5.91 Å². The van der Waals surface area contributed by atoms with Crippen molar-refractivity contribution in [3.63, 3.8) is 0 Å². The molecule has 1 atom stereocenters. The number of thiazole rings is 1. The third-order valence-corrected chi connectivity index (χ3v) is 5.08. The first-order valence-corrected chi connectivity index (χ1v) is 8.51. The number of hydrogen-bond donors (Lipinski definition) is 1. The van der Waals surface area contributed by atoms with Gasteiger partial charge in [-0.1, -0.05) is 0 Å². The van der Waals surface area contributed by atoms with Crippen LogP contribution in [-0.4, -0.2) is 44.0 Å². The van der Waals surface area contributed by atoms with Crippen LogP contribution in [0, 0.1) is 13.8 Å². The summed E-state index contributed by atoms with van der Waals surface area (Å²) < 4.78 is 1.94. The Hall–Kier alpha value is -2.15. The first-order chi connectivity index (χ1) is 11.0. The van der Waals surface area contributed by atoms with Gasteiger partial charge in [-0.25, -0.2) is 9.78 Å². The zero-order valence-electron chi connectivity index (χ0n) is 13.2. The van der Waals surface area contributed by atoms with Gasteiger partial charge in [0, 0.05) is 29.5 Å². The smallest absolute Gasteiger partial charge is 0.326 e. The van der Waals surface area contributed by atoms with Gasteiger partial charge in [0.15, 0.2) is 5.13 Å². The maximum absolute atomic E-state index is 12.9. The second-order valence-corrected chi connectivity index (χ2v) is 6.66. The number of likely N-dealkylation sites (tertiary alicyclic amines) is 1. The fraction of sp³-hybridized carbons (Fsp3) is 0.438. The molecule has 0 radical (unpaired) electrons. The molecule has 0 unspecified atom stereocenters. The molecular weight excluding hydrogens is 314 g/mol. The van der Waals surface area contributed by atoms with Crippen LogP contribution in [0.25, 0.3) is 5.13 Å². The third-order valence-electron chi connectivity index (χ3n) is 4.32. The SMILES string of the molecule is Cc1cc(C(=O)N2CCCC[C@H]2C(=O)O)c(C)n1-c1nccs1. The van der Waals surface area contributed by atoms with E-state index in [4.69, 9.17) is 0 Å². The Morgan fingerprint density at radius 2 is 2.13 bits per heavy atom. The predicted molar refractivity (Wildman–Crippen MR) is 87.2 cm³/mol. The van der Waals surface area contributed by atoms with Crippen LogP contribution in [0.15, 0.2) is 17.6 Å². The maximum atomic E-state index is 12.9. The highest BCUT2D eigenvalue weighted by atomic mass is 32.1. The van der Waals surface area contributed by atoms with Crippen LogP contribution in [0.2, 0.25) is 0 Å². The Labute approximate surface area is 138 Å². The van der Waals surface area contributed by atoms with Gasteiger partial charge in [0.2, 0.25) is 0 Å². The number of aromatic nitrogens is 2. The zero-order chi connectivity index (χ0) is 16.6. The van der Waals surface area contributed by atoms with Crippen LogP contribution in [0.4, 0.5) is 0 Å². The van der Waals surface area contributed by atoms with Crippen LogP contribution in [0.5, 0.6) is 0 Å². The first-order valence-electron chi connectivity index (χ1n) is 7.63. The van der Waals surface area contributed by atoms with E-state index in [1.54, 1.807) is 6.20 Å². The number of carboxylic acid groups (broad SMARTS) is 1. The summed E-state index contributed by atoms with van der Waals surface area (Å²) in [7, 11) is 0. The van der Waals surface area contributed by atoms with Crippen molar-refractivity contribution in [2.75, 3.05) is 6.54 Å². The molecule has 122 valence electrons. The number of carbonyl (C=O) groups excluding carboxylic acids is 1. The average molecular weight is 333 g/mol. The largest absolute Gasteiger partial charge is 0.480 e. The van der Waals surface area contributed by atoms with Crippen molar-refractivity contribution in [1.82, 2.24) is 14.5 Å². The lowest BCUT2D eigenvalue weighted by Gasteiger charge is -2.33. The molecule has 1 aliphatic heterocycles. The molecule has 0 bridgehead atoms. The summed E-state index contributed by atoms with van der Waals surface area (Å²) >= 11 is 1.50. The number of amides is 1. The van der Waals surface area contributed by atoms with Crippen LogP contribution in [0.1, 0.15) is 41.0 Å². The normalized spacial score (nSPS) is 18.2. The molecule has 1 aliphatic rings. The summed E-state index contributed by atoms with van der Waals surface area (Å²) in [5.41, 5.74) is 2.28. The van der Waals surface area contributed by atoms with Crippen molar-refractivity contribution < 1.29 is 14.7 Å². The molecule has 0 aromatic carbocycles. The molecule has 2 aromatic rings. The van der Waals surface area contributed by atoms with Gasteiger partial charge >= 0.3 is 5.97 Å². The summed E-state index contributed by atoms with van der Waals surface area (Å²) in [6.07, 6.45) is 3.94. The van der Waals surface area contributed by atoms with Crippen LogP contribution < -0.4 is 0 Å². The molecule has 3 heterocycles. The predicted octanol–water partition coefficient (Wildman–Crippen LogP) is 2.63. The zero-order valence-corrected chi connectivity index (χ0v) is 14.0. The minimum atomic E-state index is -0.924. The Kier molecular flexibility index (Phi) is 4.21. The van der Waals surface area contributed by atoms with Crippen LogP contribution in [0.3, 0.4) is 0 Å². The molecule has 0 spiro atoms. The van der Waals surface area contributed by atoms with Gasteiger partial charge in [-0.2, -0.15) is 0 Å². The molecule has 1 amide bonds. The van der Waals surface area contributed by atoms with E-state index in [1.807, 2.05) is 29.9 Å². The van der Waals surface area contributed by atoms with Crippen molar-refractivity contribution in [2.24, 2.45) is 0 Å². The van der Waals surface area contributed by atoms with E-state index < -0.39 is 12.0 Å². The molecular formula is C16H19N3O3S. The van der Waals surface area contributed by atoms with Gasteiger partial charge in [-0.05, 0) is 39.2 Å². The fourth-order valence-corrected chi connectivity index (χ4v) is 3.94. The number of nitrogens with zero attached hydrogens (tertiary/aromatic N) is 3. The summed E-state index contributed by atoms with van der Waals surface area (Å²) in [6, 6.07) is 1.10. The highest BCUT2D eigenvalue weighted by Crippen LogP contribution is 2.26. The van der Waals surface area contributed by atoms with Crippen molar-refractivity contribution in [3.05, 3.63) is 34.6 Å². The summed E-state index contributed by atoms with van der Waals surface area (Å²) in [5.74, 6) is -1.13. The van der Waals surface area contributed by atoms with Crippen LogP contribution in [-0.2, 0) is 4.79 Å². The highest BCUT2D eigenvalue weighted by Gasteiger charge is 2.34. The Bertz CT molecular complexity index is 736. The number of piperidine rings is 1. The summed E-state index contributed by atoms with van der Waals surface area (Å²) in [6.45, 7) is 4.30. The van der Waals surface area contributed by atoms with E-state index in [1.165, 1.54) is 16.2 Å². The minimum absolute atomic E-state index is 0.201. The van der Waals surface area contributed by atoms with E-state index in [2.05, 4.69) is 4.98 Å². The fourth-order valence-electron chi connectivity index (χ4n) is 3.19. The molecule has 1 N–H and O–H groups in total. The van der Waals surface area contributed by atoms with Gasteiger partial charge in [0.1, 0.15) is 6.04 Å². The minimum Gasteiger partial charge on any atom is -0.480 e. The quantitative estimate of drug-likeness (QED) is 0.937. The summed E-state index contributed by atoms with van der Waals surface area (Å²) in [5, 5.41) is 12.1. The molecule has 0 saturated carbocycles. The number of hydrogen-bond acceptors (Lipinski definition) is 4. The second kappa shape index (κ2) is 6.16. The Morgan fingerprint density at radius 1 is 1.35 bits per heavy atom. The molecule has 2 aromatic heterocycles. The lowest BCUT2D eigenvalue weighted by molar-refractivity contribution is -0.143. The standard InChI is InChI=1S/C16H19N3O3S/c1-10-9-12(11(2)19(10)16-17-6-8-23-16)14(20)18-7-4-3-5-13(18)15(21)22/h6,8-9,13H,3-5,7H2,1-2H3,(H,21,22)/t13-/m0/s1. The van der Waals surface area contributed by atoms with E-state index >= 15 is 0 Å². The lowest BCUT2D eigenvalue weighted by Crippen LogP contribution is -2.48. The highest BCUT2D eigenvalue weighted by molar-refractivity contribution is 7.12. The molecule has 1 fully saturated rings. The topological polar surface area (TPSA) is 75.4 Å². The van der Waals surface area contributed by atoms with E-state index in [0.717, 1.165) is 29.4 Å². The number of aliphatic carboxylic acids is 1. The van der Waals surface area contributed by atoms with E-state index in [9.17, 15) is 14.7 Å². The van der Waals surface area contributed by atoms with E-state index in [0.29, 0.717) is 18.5 Å². The Balaban J connectivity index is 1.97. The van der Waals surface area contributed by atoms with Gasteiger partial charge in [0.05, 0.1) is 5.56 Å². The monoisotopic (exact) mass is 333 g/mol.